The van der Waals surface area contributed by atoms with E-state index in [9.17, 15) is 9.59 Å². The highest BCUT2D eigenvalue weighted by Gasteiger charge is 2.22. The third-order valence-electron chi connectivity index (χ3n) is 4.11. The number of amides is 1. The fourth-order valence-corrected chi connectivity index (χ4v) is 3.46. The van der Waals surface area contributed by atoms with E-state index < -0.39 is 11.7 Å². The molecule has 0 aliphatic carbocycles. The molecule has 0 bridgehead atoms. The molecule has 7 nitrogen and oxygen atoms in total. The molecule has 2 aromatic heterocycles. The fraction of sp³-hybridized carbons (Fsp3) is 0.100. The monoisotopic (exact) mass is 392 g/mol. The first-order valence-corrected chi connectivity index (χ1v) is 9.40. The molecule has 0 radical (unpaired) electrons. The number of hydrogen-bond donors (Lipinski definition) is 2. The number of carbonyl (C=O) groups excluding carboxylic acids is 2. The first-order valence-electron chi connectivity index (χ1n) is 8.58. The Morgan fingerprint density at radius 3 is 2.64 bits per heavy atom. The van der Waals surface area contributed by atoms with Gasteiger partial charge in [-0.3, -0.25) is 14.9 Å². The van der Waals surface area contributed by atoms with Crippen molar-refractivity contribution in [3.8, 4) is 5.75 Å². The van der Waals surface area contributed by atoms with Crippen LogP contribution in [-0.2, 0) is 4.79 Å². The molecular weight excluding hydrogens is 376 g/mol. The van der Waals surface area contributed by atoms with Gasteiger partial charge >= 0.3 is 0 Å². The topological polar surface area (TPSA) is 97.0 Å². The average Bonchev–Trinajstić information content (AvgIpc) is 3.35. The van der Waals surface area contributed by atoms with Crippen molar-refractivity contribution in [2.45, 2.75) is 13.0 Å². The molecule has 28 heavy (non-hydrogen) atoms. The first kappa shape index (κ1) is 17.9. The quantitative estimate of drug-likeness (QED) is 0.382. The van der Waals surface area contributed by atoms with Gasteiger partial charge < -0.3 is 9.72 Å². The minimum absolute atomic E-state index is 0.247. The van der Waals surface area contributed by atoms with E-state index in [4.69, 9.17) is 4.74 Å². The zero-order chi connectivity index (χ0) is 19.5. The van der Waals surface area contributed by atoms with E-state index >= 15 is 0 Å². The minimum Gasteiger partial charge on any atom is -0.483 e. The number of carbonyl (C=O) groups is 2. The minimum atomic E-state index is -0.760. The van der Waals surface area contributed by atoms with Crippen LogP contribution in [0.3, 0.4) is 0 Å². The molecule has 0 spiro atoms. The second-order valence-electron chi connectivity index (χ2n) is 6.05. The summed E-state index contributed by atoms with van der Waals surface area (Å²) in [6, 6.07) is 16.7. The number of para-hydroxylation sites is 2. The van der Waals surface area contributed by atoms with Crippen LogP contribution in [0, 0.1) is 0 Å². The highest BCUT2D eigenvalue weighted by atomic mass is 32.1. The van der Waals surface area contributed by atoms with Gasteiger partial charge in [-0.25, -0.2) is 0 Å². The number of ketones is 1. The maximum absolute atomic E-state index is 12.5. The number of anilines is 1. The van der Waals surface area contributed by atoms with Crippen LogP contribution in [0.15, 0.2) is 60.8 Å². The molecule has 1 amide bonds. The van der Waals surface area contributed by atoms with Gasteiger partial charge in [0.25, 0.3) is 11.7 Å². The molecule has 2 N–H and O–H groups in total. The van der Waals surface area contributed by atoms with Crippen molar-refractivity contribution in [1.29, 1.82) is 0 Å². The van der Waals surface area contributed by atoms with Crippen LogP contribution in [0.25, 0.3) is 10.9 Å². The standard InChI is InChI=1S/C20H16N4O3S/c1-12(27-13-7-3-2-4-8-13)19-23-24-20(28-19)22-18(26)17(25)15-11-21-16-10-6-5-9-14(15)16/h2-12,21H,1H3,(H,22,24,26). The zero-order valence-corrected chi connectivity index (χ0v) is 15.7. The molecule has 0 fully saturated rings. The summed E-state index contributed by atoms with van der Waals surface area (Å²) in [6.45, 7) is 1.84. The van der Waals surface area contributed by atoms with E-state index in [-0.39, 0.29) is 11.2 Å². The second-order valence-corrected chi connectivity index (χ2v) is 7.06. The summed E-state index contributed by atoms with van der Waals surface area (Å²) in [5, 5.41) is 12.1. The van der Waals surface area contributed by atoms with Crippen molar-refractivity contribution < 1.29 is 14.3 Å². The lowest BCUT2D eigenvalue weighted by atomic mass is 10.1. The summed E-state index contributed by atoms with van der Waals surface area (Å²) in [4.78, 5) is 27.9. The third-order valence-corrected chi connectivity index (χ3v) is 5.10. The molecular formula is C20H16N4O3S. The Labute approximate surface area is 164 Å². The summed E-state index contributed by atoms with van der Waals surface area (Å²) in [6.07, 6.45) is 1.20. The lowest BCUT2D eigenvalue weighted by molar-refractivity contribution is -0.112. The maximum atomic E-state index is 12.5. The Bertz CT molecular complexity index is 1140. The number of benzene rings is 2. The van der Waals surface area contributed by atoms with E-state index in [0.29, 0.717) is 21.7 Å². The number of aromatic amines is 1. The van der Waals surface area contributed by atoms with E-state index in [0.717, 1.165) is 5.52 Å². The number of hydrogen-bond acceptors (Lipinski definition) is 6. The van der Waals surface area contributed by atoms with Gasteiger partial charge in [0.15, 0.2) is 5.01 Å². The van der Waals surface area contributed by atoms with Gasteiger partial charge in [-0.15, -0.1) is 10.2 Å². The Balaban J connectivity index is 1.44. The Hall–Kier alpha value is -3.52. The van der Waals surface area contributed by atoms with Crippen LogP contribution in [-0.4, -0.2) is 26.9 Å². The number of aromatic nitrogens is 3. The number of nitrogens with zero attached hydrogens (tertiary/aromatic N) is 2. The Morgan fingerprint density at radius 2 is 1.82 bits per heavy atom. The third kappa shape index (κ3) is 3.63. The van der Waals surface area contributed by atoms with Crippen molar-refractivity contribution in [2.75, 3.05) is 5.32 Å². The number of rotatable bonds is 6. The normalized spacial score (nSPS) is 11.9. The highest BCUT2D eigenvalue weighted by molar-refractivity contribution is 7.15. The van der Waals surface area contributed by atoms with Gasteiger partial charge in [0.2, 0.25) is 5.13 Å². The van der Waals surface area contributed by atoms with Crippen LogP contribution in [0.5, 0.6) is 5.75 Å². The molecule has 8 heteroatoms. The summed E-state index contributed by atoms with van der Waals surface area (Å²) < 4.78 is 5.80. The second kappa shape index (κ2) is 7.61. The van der Waals surface area contributed by atoms with Crippen molar-refractivity contribution in [3.05, 3.63) is 71.4 Å². The van der Waals surface area contributed by atoms with E-state index in [2.05, 4.69) is 20.5 Å². The van der Waals surface area contributed by atoms with E-state index in [1.807, 2.05) is 55.5 Å². The summed E-state index contributed by atoms with van der Waals surface area (Å²) in [5.41, 5.74) is 1.11. The van der Waals surface area contributed by atoms with Crippen molar-refractivity contribution in [3.63, 3.8) is 0 Å². The number of Topliss-reactive ketones (excluding diaryl/α,β-unsaturated/α-hetero) is 1. The Kier molecular flexibility index (Phi) is 4.86. The number of H-pyrrole nitrogens is 1. The van der Waals surface area contributed by atoms with Crippen LogP contribution < -0.4 is 10.1 Å². The summed E-state index contributed by atoms with van der Waals surface area (Å²) >= 11 is 1.17. The molecule has 2 aromatic carbocycles. The van der Waals surface area contributed by atoms with Crippen LogP contribution in [0.2, 0.25) is 0 Å². The molecule has 1 unspecified atom stereocenters. The van der Waals surface area contributed by atoms with Gasteiger partial charge in [0.05, 0.1) is 5.56 Å². The van der Waals surface area contributed by atoms with Gasteiger partial charge in [-0.1, -0.05) is 47.7 Å². The van der Waals surface area contributed by atoms with Gasteiger partial charge in [-0.2, -0.15) is 0 Å². The molecule has 140 valence electrons. The molecule has 0 saturated heterocycles. The highest BCUT2D eigenvalue weighted by Crippen LogP contribution is 2.26. The number of ether oxygens (including phenoxy) is 1. The SMILES string of the molecule is CC(Oc1ccccc1)c1nnc(NC(=O)C(=O)c2c[nH]c3ccccc23)s1. The number of nitrogens with one attached hydrogen (secondary N) is 2. The summed E-state index contributed by atoms with van der Waals surface area (Å²) in [7, 11) is 0. The molecule has 0 aliphatic heterocycles. The first-order chi connectivity index (χ1) is 13.6. The molecule has 2 heterocycles. The lowest BCUT2D eigenvalue weighted by Crippen LogP contribution is -2.22. The van der Waals surface area contributed by atoms with Gasteiger partial charge in [-0.05, 0) is 25.1 Å². The molecule has 4 rings (SSSR count). The molecule has 4 aromatic rings. The molecule has 1 atom stereocenters. The fourth-order valence-electron chi connectivity index (χ4n) is 2.74. The zero-order valence-electron chi connectivity index (χ0n) is 14.9. The maximum Gasteiger partial charge on any atom is 0.298 e. The van der Waals surface area contributed by atoms with Crippen molar-refractivity contribution >= 4 is 39.1 Å². The van der Waals surface area contributed by atoms with Crippen molar-refractivity contribution in [2.24, 2.45) is 0 Å². The van der Waals surface area contributed by atoms with Gasteiger partial charge in [0, 0.05) is 17.1 Å². The van der Waals surface area contributed by atoms with E-state index in [1.54, 1.807) is 6.07 Å². The van der Waals surface area contributed by atoms with Crippen LogP contribution >= 0.6 is 11.3 Å². The van der Waals surface area contributed by atoms with Crippen molar-refractivity contribution in [1.82, 2.24) is 15.2 Å². The number of fused-ring (bicyclic) bond motifs is 1. The smallest absolute Gasteiger partial charge is 0.298 e. The summed E-state index contributed by atoms with van der Waals surface area (Å²) in [5.74, 6) is -0.683. The molecule has 0 saturated carbocycles. The predicted molar refractivity (Wildman–Crippen MR) is 107 cm³/mol. The molecule has 0 aliphatic rings. The van der Waals surface area contributed by atoms with E-state index in [1.165, 1.54) is 17.5 Å². The van der Waals surface area contributed by atoms with Crippen LogP contribution in [0.1, 0.15) is 28.4 Å². The van der Waals surface area contributed by atoms with Crippen LogP contribution in [0.4, 0.5) is 5.13 Å². The lowest BCUT2D eigenvalue weighted by Gasteiger charge is -2.10. The Morgan fingerprint density at radius 1 is 1.07 bits per heavy atom. The average molecular weight is 392 g/mol. The largest absolute Gasteiger partial charge is 0.483 e. The van der Waals surface area contributed by atoms with Gasteiger partial charge in [0.1, 0.15) is 11.9 Å². The predicted octanol–water partition coefficient (Wildman–Crippen LogP) is 3.98.